The molecule has 5 aromatic rings. The number of hydrogen-bond acceptors (Lipinski definition) is 4. The summed E-state index contributed by atoms with van der Waals surface area (Å²) in [6, 6.07) is 10.5. The summed E-state index contributed by atoms with van der Waals surface area (Å²) in [7, 11) is -4.92. The molecular weight excluding hydrogens is 477 g/mol. The number of nitrogens with zero attached hydrogens (tertiary/aromatic N) is 2. The molecule has 5 rings (SSSR count). The number of rotatable bonds is 4. The van der Waals surface area contributed by atoms with E-state index < -0.39 is 15.1 Å². The van der Waals surface area contributed by atoms with Crippen LogP contribution < -0.4 is 5.43 Å². The first-order chi connectivity index (χ1) is 17.0. The van der Waals surface area contributed by atoms with Crippen LogP contribution in [0, 0.1) is 12.3 Å². The van der Waals surface area contributed by atoms with E-state index in [1.165, 1.54) is 12.3 Å². The predicted molar refractivity (Wildman–Crippen MR) is 142 cm³/mol. The quantitative estimate of drug-likeness (QED) is 0.240. The van der Waals surface area contributed by atoms with E-state index in [-0.39, 0.29) is 17.4 Å². The first-order valence-corrected chi connectivity index (χ1v) is 12.9. The third-order valence-electron chi connectivity index (χ3n) is 6.53. The molecule has 8 heteroatoms. The Morgan fingerprint density at radius 3 is 2.44 bits per heavy atom. The summed E-state index contributed by atoms with van der Waals surface area (Å²) in [5, 5.41) is 1.93. The molecule has 36 heavy (non-hydrogen) atoms. The first-order valence-electron chi connectivity index (χ1n) is 11.6. The molecular formula is C28H24FN3O3S. The van der Waals surface area contributed by atoms with Gasteiger partial charge in [0, 0.05) is 45.9 Å². The fourth-order valence-corrected chi connectivity index (χ4v) is 5.34. The third-order valence-corrected chi connectivity index (χ3v) is 7.32. The Kier molecular flexibility index (Phi) is 5.49. The molecule has 1 N–H and O–H groups in total. The molecule has 3 aromatic heterocycles. The number of H-pyrrole nitrogens is 1. The molecule has 2 aromatic carbocycles. The lowest BCUT2D eigenvalue weighted by atomic mass is 9.91. The second kappa shape index (κ2) is 8.32. The Morgan fingerprint density at radius 1 is 1.06 bits per heavy atom. The molecule has 0 amide bonds. The molecule has 182 valence electrons. The van der Waals surface area contributed by atoms with Crippen molar-refractivity contribution in [3.05, 3.63) is 70.1 Å². The van der Waals surface area contributed by atoms with E-state index in [1.807, 2.05) is 58.0 Å². The SMILES string of the molecule is C#Cc1ccc2c(c1)[nH]c1c2c(=O)c2cc(C(C)C)c(-c3cncc(S(=O)(=O)F)c3)cc2n1C(C)C. The summed E-state index contributed by atoms with van der Waals surface area (Å²) in [6.45, 7) is 8.02. The van der Waals surface area contributed by atoms with Crippen LogP contribution in [0.1, 0.15) is 50.8 Å². The van der Waals surface area contributed by atoms with Crippen molar-refractivity contribution in [2.24, 2.45) is 0 Å². The topological polar surface area (TPSA) is 84.8 Å². The molecule has 0 spiro atoms. The van der Waals surface area contributed by atoms with Gasteiger partial charge in [0.2, 0.25) is 0 Å². The minimum atomic E-state index is -4.92. The number of aromatic nitrogens is 3. The van der Waals surface area contributed by atoms with Gasteiger partial charge in [0.25, 0.3) is 0 Å². The largest absolute Gasteiger partial charge is 0.340 e. The van der Waals surface area contributed by atoms with Crippen LogP contribution in [0.4, 0.5) is 3.89 Å². The summed E-state index contributed by atoms with van der Waals surface area (Å²) in [4.78, 5) is 20.7. The molecule has 0 unspecified atom stereocenters. The van der Waals surface area contributed by atoms with Gasteiger partial charge in [-0.15, -0.1) is 10.3 Å². The fourth-order valence-electron chi connectivity index (χ4n) is 4.89. The van der Waals surface area contributed by atoms with Crippen molar-refractivity contribution >= 4 is 43.1 Å². The lowest BCUT2D eigenvalue weighted by Gasteiger charge is -2.20. The van der Waals surface area contributed by atoms with E-state index in [9.17, 15) is 17.1 Å². The average molecular weight is 502 g/mol. The van der Waals surface area contributed by atoms with Crippen LogP contribution >= 0.6 is 0 Å². The van der Waals surface area contributed by atoms with Crippen molar-refractivity contribution in [1.29, 1.82) is 0 Å². The maximum atomic E-state index is 13.9. The summed E-state index contributed by atoms with van der Waals surface area (Å²) in [5.74, 6) is 2.63. The van der Waals surface area contributed by atoms with Crippen molar-refractivity contribution in [3.63, 3.8) is 0 Å². The standard InChI is InChI=1S/C28H24FN3O3S/c1-6-17-7-8-20-24(9-17)31-28-26(20)27(33)23-11-21(15(2)3)22(12-25(23)32(28)16(4)5)18-10-19(14-30-13-18)36(29,34)35/h1,7-16,31H,2-5H3. The van der Waals surface area contributed by atoms with Gasteiger partial charge in [0.1, 0.15) is 10.5 Å². The molecule has 6 nitrogen and oxygen atoms in total. The van der Waals surface area contributed by atoms with Crippen molar-refractivity contribution in [2.75, 3.05) is 0 Å². The van der Waals surface area contributed by atoms with Crippen LogP contribution in [0.25, 0.3) is 44.0 Å². The molecule has 0 atom stereocenters. The number of hydrogen-bond donors (Lipinski definition) is 1. The lowest BCUT2D eigenvalue weighted by molar-refractivity contribution is 0.551. The Hall–Kier alpha value is -3.96. The molecule has 0 fully saturated rings. The maximum Gasteiger partial charge on any atom is 0.333 e. The minimum Gasteiger partial charge on any atom is -0.340 e. The number of aromatic amines is 1. The predicted octanol–water partition coefficient (Wildman–Crippen LogP) is 6.04. The van der Waals surface area contributed by atoms with Gasteiger partial charge in [0.05, 0.1) is 10.9 Å². The number of terminal acetylenes is 1. The number of pyridine rings is 2. The van der Waals surface area contributed by atoms with E-state index in [4.69, 9.17) is 6.42 Å². The number of fused-ring (bicyclic) bond motifs is 4. The monoisotopic (exact) mass is 501 g/mol. The highest BCUT2D eigenvalue weighted by Crippen LogP contribution is 2.36. The van der Waals surface area contributed by atoms with Gasteiger partial charge in [-0.3, -0.25) is 9.78 Å². The normalized spacial score (nSPS) is 12.3. The van der Waals surface area contributed by atoms with Crippen molar-refractivity contribution in [1.82, 2.24) is 14.5 Å². The molecule has 0 aliphatic carbocycles. The highest BCUT2D eigenvalue weighted by Gasteiger charge is 2.22. The van der Waals surface area contributed by atoms with Gasteiger partial charge in [0.15, 0.2) is 5.43 Å². The van der Waals surface area contributed by atoms with Gasteiger partial charge in [-0.25, -0.2) is 0 Å². The van der Waals surface area contributed by atoms with E-state index in [0.29, 0.717) is 38.6 Å². The zero-order chi connectivity index (χ0) is 25.9. The van der Waals surface area contributed by atoms with Crippen molar-refractivity contribution < 1.29 is 12.3 Å². The van der Waals surface area contributed by atoms with E-state index >= 15 is 0 Å². The minimum absolute atomic E-state index is 0.00112. The third kappa shape index (κ3) is 3.67. The number of nitrogens with one attached hydrogen (secondary N) is 1. The summed E-state index contributed by atoms with van der Waals surface area (Å²) < 4.78 is 38.9. The van der Waals surface area contributed by atoms with Gasteiger partial charge >= 0.3 is 10.2 Å². The summed E-state index contributed by atoms with van der Waals surface area (Å²) in [5.41, 5.74) is 4.71. The zero-order valence-corrected chi connectivity index (χ0v) is 21.1. The average Bonchev–Trinajstić information content (AvgIpc) is 3.21. The van der Waals surface area contributed by atoms with Crippen molar-refractivity contribution in [3.8, 4) is 23.5 Å². The van der Waals surface area contributed by atoms with Crippen LogP contribution in [-0.4, -0.2) is 23.0 Å². The van der Waals surface area contributed by atoms with Gasteiger partial charge < -0.3 is 9.55 Å². The molecule has 3 heterocycles. The first kappa shape index (κ1) is 23.8. The maximum absolute atomic E-state index is 13.9. The summed E-state index contributed by atoms with van der Waals surface area (Å²) in [6.07, 6.45) is 8.07. The highest BCUT2D eigenvalue weighted by molar-refractivity contribution is 7.86. The molecule has 0 radical (unpaired) electrons. The smallest absolute Gasteiger partial charge is 0.333 e. The molecule has 0 saturated heterocycles. The van der Waals surface area contributed by atoms with Crippen LogP contribution in [-0.2, 0) is 10.2 Å². The van der Waals surface area contributed by atoms with Crippen molar-refractivity contribution in [2.45, 2.75) is 44.6 Å². The fraction of sp³-hybridized carbons (Fsp3) is 0.214. The second-order valence-corrected chi connectivity index (χ2v) is 10.9. The highest BCUT2D eigenvalue weighted by atomic mass is 32.3. The van der Waals surface area contributed by atoms with E-state index in [1.54, 1.807) is 0 Å². The van der Waals surface area contributed by atoms with Gasteiger partial charge in [-0.1, -0.05) is 25.8 Å². The van der Waals surface area contributed by atoms with E-state index in [2.05, 4.69) is 20.5 Å². The van der Waals surface area contributed by atoms with Gasteiger partial charge in [-0.05, 0) is 61.2 Å². The van der Waals surface area contributed by atoms with Crippen LogP contribution in [0.2, 0.25) is 0 Å². The zero-order valence-electron chi connectivity index (χ0n) is 20.3. The molecule has 0 saturated carbocycles. The Balaban J connectivity index is 1.95. The second-order valence-electron chi connectivity index (χ2n) is 9.50. The molecule has 0 aliphatic rings. The van der Waals surface area contributed by atoms with E-state index in [0.717, 1.165) is 22.7 Å². The Labute approximate surface area is 208 Å². The Morgan fingerprint density at radius 2 is 1.81 bits per heavy atom. The van der Waals surface area contributed by atoms with Crippen LogP contribution in [0.15, 0.2) is 58.5 Å². The van der Waals surface area contributed by atoms with Crippen LogP contribution in [0.3, 0.4) is 0 Å². The number of halogens is 1. The molecule has 0 aliphatic heterocycles. The number of benzene rings is 2. The Bertz CT molecular complexity index is 1910. The van der Waals surface area contributed by atoms with Crippen LogP contribution in [0.5, 0.6) is 0 Å². The lowest BCUT2D eigenvalue weighted by Crippen LogP contribution is -2.13. The molecule has 0 bridgehead atoms. The van der Waals surface area contributed by atoms with Gasteiger partial charge in [-0.2, -0.15) is 8.42 Å². The summed E-state index contributed by atoms with van der Waals surface area (Å²) >= 11 is 0.